The standard InChI is InChI=1S/C19H18O5S/c20-14-15(22-11-12-7-3-1-4-8-12)17-19(24-16(14)18(21)23-17)25-13-9-5-2-6-10-13/h1-10,14-17,19-20H,11H2/t14-,15-,16-,17-,19+/m1/s1. The molecule has 3 aliphatic heterocycles. The first-order valence-electron chi connectivity index (χ1n) is 8.13. The first-order valence-corrected chi connectivity index (χ1v) is 9.01. The number of benzene rings is 2. The first kappa shape index (κ1) is 16.6. The molecule has 0 aromatic heterocycles. The summed E-state index contributed by atoms with van der Waals surface area (Å²) >= 11 is 1.47. The number of hydrogen-bond acceptors (Lipinski definition) is 6. The fourth-order valence-corrected chi connectivity index (χ4v) is 4.13. The van der Waals surface area contributed by atoms with E-state index >= 15 is 0 Å². The normalized spacial score (nSPS) is 30.9. The van der Waals surface area contributed by atoms with E-state index in [1.165, 1.54) is 11.8 Å². The molecule has 5 rings (SSSR count). The third-order valence-corrected chi connectivity index (χ3v) is 5.44. The van der Waals surface area contributed by atoms with Crippen molar-refractivity contribution in [1.82, 2.24) is 0 Å². The lowest BCUT2D eigenvalue weighted by atomic mass is 9.96. The summed E-state index contributed by atoms with van der Waals surface area (Å²) in [5.41, 5.74) is 0.588. The molecule has 3 saturated heterocycles. The second-order valence-corrected chi connectivity index (χ2v) is 7.18. The van der Waals surface area contributed by atoms with Crippen molar-refractivity contribution >= 4 is 17.7 Å². The zero-order valence-electron chi connectivity index (χ0n) is 13.4. The minimum atomic E-state index is -1.03. The van der Waals surface area contributed by atoms with Crippen LogP contribution in [0.1, 0.15) is 5.56 Å². The minimum Gasteiger partial charge on any atom is -0.454 e. The number of esters is 1. The molecule has 25 heavy (non-hydrogen) atoms. The molecule has 130 valence electrons. The largest absolute Gasteiger partial charge is 0.454 e. The molecule has 0 unspecified atom stereocenters. The van der Waals surface area contributed by atoms with Crippen LogP contribution in [-0.2, 0) is 25.6 Å². The Morgan fingerprint density at radius 2 is 1.72 bits per heavy atom. The Morgan fingerprint density at radius 1 is 1.04 bits per heavy atom. The highest BCUT2D eigenvalue weighted by molar-refractivity contribution is 7.99. The second kappa shape index (κ2) is 7.17. The van der Waals surface area contributed by atoms with Gasteiger partial charge in [-0.15, -0.1) is 0 Å². The SMILES string of the molecule is O=C1O[C@@H]2[C@H](OCc3ccccc3)[C@@H](O)[C@H]1O[C@H]2Sc1ccccc1. The number of aliphatic hydroxyl groups excluding tert-OH is 1. The lowest BCUT2D eigenvalue weighted by Crippen LogP contribution is -2.66. The highest BCUT2D eigenvalue weighted by Gasteiger charge is 2.56. The zero-order chi connectivity index (χ0) is 17.2. The molecule has 0 aliphatic carbocycles. The number of hydrogen-bond donors (Lipinski definition) is 1. The van der Waals surface area contributed by atoms with Gasteiger partial charge in [0.25, 0.3) is 0 Å². The van der Waals surface area contributed by atoms with Crippen LogP contribution in [-0.4, -0.2) is 40.9 Å². The number of thioether (sulfide) groups is 1. The molecule has 5 nitrogen and oxygen atoms in total. The summed E-state index contributed by atoms with van der Waals surface area (Å²) < 4.78 is 17.1. The van der Waals surface area contributed by atoms with Gasteiger partial charge in [-0.2, -0.15) is 0 Å². The van der Waals surface area contributed by atoms with E-state index in [4.69, 9.17) is 14.2 Å². The van der Waals surface area contributed by atoms with Gasteiger partial charge in [0.15, 0.2) is 12.2 Å². The van der Waals surface area contributed by atoms with Crippen molar-refractivity contribution in [3.05, 3.63) is 66.2 Å². The minimum absolute atomic E-state index is 0.339. The monoisotopic (exact) mass is 358 g/mol. The van der Waals surface area contributed by atoms with Gasteiger partial charge in [0.2, 0.25) is 0 Å². The molecule has 3 fully saturated rings. The lowest BCUT2D eigenvalue weighted by Gasteiger charge is -2.47. The Labute approximate surface area is 149 Å². The Morgan fingerprint density at radius 3 is 2.44 bits per heavy atom. The van der Waals surface area contributed by atoms with Crippen LogP contribution in [0.25, 0.3) is 0 Å². The average Bonchev–Trinajstić information content (AvgIpc) is 2.64. The van der Waals surface area contributed by atoms with Gasteiger partial charge < -0.3 is 19.3 Å². The number of rotatable bonds is 5. The van der Waals surface area contributed by atoms with Gasteiger partial charge in [-0.05, 0) is 17.7 Å². The van der Waals surface area contributed by atoms with E-state index in [2.05, 4.69) is 0 Å². The van der Waals surface area contributed by atoms with Gasteiger partial charge in [0.05, 0.1) is 6.61 Å². The number of ether oxygens (including phenoxy) is 3. The summed E-state index contributed by atoms with van der Waals surface area (Å²) in [7, 11) is 0. The summed E-state index contributed by atoms with van der Waals surface area (Å²) in [6.07, 6.45) is -3.30. The van der Waals surface area contributed by atoms with Crippen molar-refractivity contribution in [2.75, 3.05) is 0 Å². The fourth-order valence-electron chi connectivity index (χ4n) is 3.03. The van der Waals surface area contributed by atoms with Crippen molar-refractivity contribution in [3.8, 4) is 0 Å². The molecule has 0 radical (unpaired) electrons. The summed E-state index contributed by atoms with van der Waals surface area (Å²) in [6.45, 7) is 0.339. The molecule has 3 aliphatic rings. The third-order valence-electron chi connectivity index (χ3n) is 4.28. The van der Waals surface area contributed by atoms with E-state index in [0.717, 1.165) is 10.5 Å². The van der Waals surface area contributed by atoms with Crippen molar-refractivity contribution in [2.45, 2.75) is 41.4 Å². The van der Waals surface area contributed by atoms with E-state index < -0.39 is 35.8 Å². The van der Waals surface area contributed by atoms with Crippen LogP contribution >= 0.6 is 11.8 Å². The van der Waals surface area contributed by atoms with E-state index in [-0.39, 0.29) is 0 Å². The van der Waals surface area contributed by atoms with Gasteiger partial charge in [-0.1, -0.05) is 60.3 Å². The smallest absolute Gasteiger partial charge is 0.338 e. The molecular weight excluding hydrogens is 340 g/mol. The first-order chi connectivity index (χ1) is 12.2. The van der Waals surface area contributed by atoms with E-state index in [0.29, 0.717) is 6.61 Å². The predicted octanol–water partition coefficient (Wildman–Crippen LogP) is 2.38. The van der Waals surface area contributed by atoms with Gasteiger partial charge in [-0.3, -0.25) is 0 Å². The Balaban J connectivity index is 1.49. The maximum atomic E-state index is 11.9. The summed E-state index contributed by atoms with van der Waals surface area (Å²) in [5.74, 6) is -0.526. The second-order valence-electron chi connectivity index (χ2n) is 6.01. The molecule has 5 atom stereocenters. The average molecular weight is 358 g/mol. The summed E-state index contributed by atoms with van der Waals surface area (Å²) in [5, 5.41) is 10.4. The Kier molecular flexibility index (Phi) is 4.76. The van der Waals surface area contributed by atoms with Crippen molar-refractivity contribution < 1.29 is 24.1 Å². The van der Waals surface area contributed by atoms with Gasteiger partial charge in [0, 0.05) is 4.90 Å². The Hall–Kier alpha value is -1.86. The van der Waals surface area contributed by atoms with Crippen LogP contribution in [0, 0.1) is 0 Å². The molecule has 3 heterocycles. The van der Waals surface area contributed by atoms with E-state index in [1.807, 2.05) is 60.7 Å². The maximum Gasteiger partial charge on any atom is 0.338 e. The topological polar surface area (TPSA) is 65.0 Å². The van der Waals surface area contributed by atoms with Crippen LogP contribution in [0.5, 0.6) is 0 Å². The van der Waals surface area contributed by atoms with Crippen molar-refractivity contribution in [3.63, 3.8) is 0 Å². The van der Waals surface area contributed by atoms with Crippen LogP contribution in [0.2, 0.25) is 0 Å². The highest BCUT2D eigenvalue weighted by Crippen LogP contribution is 2.40. The van der Waals surface area contributed by atoms with E-state index in [1.54, 1.807) is 0 Å². The van der Waals surface area contributed by atoms with Gasteiger partial charge >= 0.3 is 5.97 Å². The molecular formula is C19H18O5S. The van der Waals surface area contributed by atoms with Crippen LogP contribution in [0.15, 0.2) is 65.6 Å². The Bertz CT molecular complexity index is 723. The lowest BCUT2D eigenvalue weighted by molar-refractivity contribution is -0.268. The van der Waals surface area contributed by atoms with Crippen molar-refractivity contribution in [1.29, 1.82) is 0 Å². The number of fused-ring (bicyclic) bond motifs is 3. The molecule has 2 aromatic rings. The molecule has 2 bridgehead atoms. The number of carbonyl (C=O) groups excluding carboxylic acids is 1. The van der Waals surface area contributed by atoms with Crippen LogP contribution in [0.4, 0.5) is 0 Å². The van der Waals surface area contributed by atoms with E-state index in [9.17, 15) is 9.90 Å². The number of carbonyl (C=O) groups is 1. The molecule has 0 spiro atoms. The van der Waals surface area contributed by atoms with Crippen LogP contribution in [0.3, 0.4) is 0 Å². The van der Waals surface area contributed by atoms with Crippen LogP contribution < -0.4 is 0 Å². The quantitative estimate of drug-likeness (QED) is 0.828. The molecule has 0 saturated carbocycles. The fraction of sp³-hybridized carbons (Fsp3) is 0.316. The zero-order valence-corrected chi connectivity index (χ0v) is 14.2. The summed E-state index contributed by atoms with van der Waals surface area (Å²) in [6, 6.07) is 19.4. The molecule has 0 amide bonds. The third kappa shape index (κ3) is 3.43. The molecule has 2 aromatic carbocycles. The maximum absolute atomic E-state index is 11.9. The molecule has 6 heteroatoms. The highest BCUT2D eigenvalue weighted by atomic mass is 32.2. The van der Waals surface area contributed by atoms with Gasteiger partial charge in [0.1, 0.15) is 17.6 Å². The van der Waals surface area contributed by atoms with Gasteiger partial charge in [-0.25, -0.2) is 4.79 Å². The molecule has 1 N–H and O–H groups in total. The predicted molar refractivity (Wildman–Crippen MR) is 91.9 cm³/mol. The number of aliphatic hydroxyl groups is 1. The summed E-state index contributed by atoms with van der Waals surface area (Å²) in [4.78, 5) is 12.9. The van der Waals surface area contributed by atoms with Crippen molar-refractivity contribution in [2.24, 2.45) is 0 Å².